The van der Waals surface area contributed by atoms with E-state index in [1.54, 1.807) is 13.8 Å². The Bertz CT molecular complexity index is 293. The first-order valence-electron chi connectivity index (χ1n) is 5.46. The van der Waals surface area contributed by atoms with Crippen molar-refractivity contribution in [1.82, 2.24) is 10.2 Å². The summed E-state index contributed by atoms with van der Waals surface area (Å²) in [6.07, 6.45) is -5.68. The highest BCUT2D eigenvalue weighted by Crippen LogP contribution is 2.18. The first-order valence-corrected chi connectivity index (χ1v) is 5.46. The minimum Gasteiger partial charge on any atom is -0.481 e. The smallest absolute Gasteiger partial charge is 0.390 e. The third kappa shape index (κ3) is 7.75. The Balaban J connectivity index is 4.19. The zero-order valence-electron chi connectivity index (χ0n) is 10.3. The average molecular weight is 270 g/mol. The van der Waals surface area contributed by atoms with E-state index in [2.05, 4.69) is 5.32 Å². The highest BCUT2D eigenvalue weighted by molar-refractivity contribution is 5.75. The number of hydrogen-bond donors (Lipinski definition) is 2. The largest absolute Gasteiger partial charge is 0.481 e. The SMILES string of the molecule is CC(C)N(CCC(=O)O)C(=O)NCCC(F)(F)F. The lowest BCUT2D eigenvalue weighted by Gasteiger charge is -2.26. The fourth-order valence-electron chi connectivity index (χ4n) is 1.22. The van der Waals surface area contributed by atoms with Gasteiger partial charge in [-0.15, -0.1) is 0 Å². The molecule has 0 heterocycles. The molecular formula is C10H17F3N2O3. The molecule has 0 radical (unpaired) electrons. The van der Waals surface area contributed by atoms with Gasteiger partial charge in [0.2, 0.25) is 0 Å². The number of amides is 2. The van der Waals surface area contributed by atoms with Gasteiger partial charge in [0, 0.05) is 19.1 Å². The molecule has 0 aromatic carbocycles. The second-order valence-electron chi connectivity index (χ2n) is 4.03. The van der Waals surface area contributed by atoms with E-state index in [1.807, 2.05) is 0 Å². The van der Waals surface area contributed by atoms with Crippen LogP contribution in [0.5, 0.6) is 0 Å². The first kappa shape index (κ1) is 16.5. The van der Waals surface area contributed by atoms with Crippen molar-refractivity contribution in [3.8, 4) is 0 Å². The summed E-state index contributed by atoms with van der Waals surface area (Å²) in [7, 11) is 0. The van der Waals surface area contributed by atoms with Crippen molar-refractivity contribution in [3.05, 3.63) is 0 Å². The highest BCUT2D eigenvalue weighted by Gasteiger charge is 2.27. The Hall–Kier alpha value is -1.47. The minimum atomic E-state index is -4.32. The number of halogens is 3. The van der Waals surface area contributed by atoms with Crippen LogP contribution in [0.3, 0.4) is 0 Å². The monoisotopic (exact) mass is 270 g/mol. The van der Waals surface area contributed by atoms with Gasteiger partial charge in [-0.3, -0.25) is 4.79 Å². The molecule has 2 N–H and O–H groups in total. The lowest BCUT2D eigenvalue weighted by Crippen LogP contribution is -2.45. The predicted molar refractivity (Wildman–Crippen MR) is 58.2 cm³/mol. The number of carbonyl (C=O) groups is 2. The van der Waals surface area contributed by atoms with E-state index in [4.69, 9.17) is 5.11 Å². The molecule has 0 atom stereocenters. The number of rotatable bonds is 6. The molecule has 0 rings (SSSR count). The Morgan fingerprint density at radius 1 is 1.33 bits per heavy atom. The molecule has 0 aliphatic rings. The molecule has 106 valence electrons. The topological polar surface area (TPSA) is 69.6 Å². The Morgan fingerprint density at radius 2 is 1.89 bits per heavy atom. The summed E-state index contributed by atoms with van der Waals surface area (Å²) in [4.78, 5) is 23.1. The number of carbonyl (C=O) groups excluding carboxylic acids is 1. The van der Waals surface area contributed by atoms with E-state index in [1.165, 1.54) is 4.90 Å². The van der Waals surface area contributed by atoms with Crippen molar-refractivity contribution in [2.75, 3.05) is 13.1 Å². The first-order chi connectivity index (χ1) is 8.13. The van der Waals surface area contributed by atoms with E-state index < -0.39 is 31.1 Å². The van der Waals surface area contributed by atoms with Crippen molar-refractivity contribution in [1.29, 1.82) is 0 Å². The second kappa shape index (κ2) is 7.07. The van der Waals surface area contributed by atoms with Crippen LogP contribution in [0.4, 0.5) is 18.0 Å². The van der Waals surface area contributed by atoms with Crippen LogP contribution in [0.2, 0.25) is 0 Å². The summed E-state index contributed by atoms with van der Waals surface area (Å²) in [5.74, 6) is -1.07. The number of carboxylic acid groups (broad SMARTS) is 1. The molecule has 8 heteroatoms. The van der Waals surface area contributed by atoms with Crippen molar-refractivity contribution in [2.45, 2.75) is 38.9 Å². The molecule has 18 heavy (non-hydrogen) atoms. The lowest BCUT2D eigenvalue weighted by molar-refractivity contribution is -0.137. The van der Waals surface area contributed by atoms with Gasteiger partial charge in [0.1, 0.15) is 0 Å². The standard InChI is InChI=1S/C10H17F3N2O3/c1-7(2)15(6-3-8(16)17)9(18)14-5-4-10(11,12)13/h7H,3-6H2,1-2H3,(H,14,18)(H,16,17). The van der Waals surface area contributed by atoms with Gasteiger partial charge < -0.3 is 15.3 Å². The highest BCUT2D eigenvalue weighted by atomic mass is 19.4. The lowest BCUT2D eigenvalue weighted by atomic mass is 10.3. The summed E-state index contributed by atoms with van der Waals surface area (Å²) in [5.41, 5.74) is 0. The quantitative estimate of drug-likeness (QED) is 0.773. The van der Waals surface area contributed by atoms with E-state index in [0.29, 0.717) is 0 Å². The number of aliphatic carboxylic acids is 1. The van der Waals surface area contributed by atoms with Gasteiger partial charge in [-0.05, 0) is 13.8 Å². The second-order valence-corrected chi connectivity index (χ2v) is 4.03. The van der Waals surface area contributed by atoms with Crippen LogP contribution in [0.15, 0.2) is 0 Å². The van der Waals surface area contributed by atoms with Gasteiger partial charge in [0.15, 0.2) is 0 Å². The van der Waals surface area contributed by atoms with Gasteiger partial charge in [-0.1, -0.05) is 0 Å². The summed E-state index contributed by atoms with van der Waals surface area (Å²) < 4.78 is 35.6. The third-order valence-corrected chi connectivity index (χ3v) is 2.14. The normalized spacial score (nSPS) is 11.4. The number of hydrogen-bond acceptors (Lipinski definition) is 2. The molecule has 0 aromatic heterocycles. The van der Waals surface area contributed by atoms with E-state index in [0.717, 1.165) is 0 Å². The molecular weight excluding hydrogens is 253 g/mol. The molecule has 0 aromatic rings. The van der Waals surface area contributed by atoms with Crippen LogP contribution >= 0.6 is 0 Å². The fraction of sp³-hybridized carbons (Fsp3) is 0.800. The van der Waals surface area contributed by atoms with Crippen molar-refractivity contribution in [3.63, 3.8) is 0 Å². The Kier molecular flexibility index (Phi) is 6.50. The molecule has 0 saturated carbocycles. The average Bonchev–Trinajstić information content (AvgIpc) is 2.14. The molecule has 5 nitrogen and oxygen atoms in total. The molecule has 0 fully saturated rings. The minimum absolute atomic E-state index is 0.0369. The number of nitrogens with zero attached hydrogens (tertiary/aromatic N) is 1. The molecule has 0 saturated heterocycles. The van der Waals surface area contributed by atoms with Crippen LogP contribution in [-0.4, -0.2) is 47.3 Å². The molecule has 2 amide bonds. The van der Waals surface area contributed by atoms with Crippen molar-refractivity contribution >= 4 is 12.0 Å². The summed E-state index contributed by atoms with van der Waals surface area (Å²) in [6, 6.07) is -0.967. The number of nitrogens with one attached hydrogen (secondary N) is 1. The maximum atomic E-state index is 11.9. The molecule has 0 unspecified atom stereocenters. The van der Waals surface area contributed by atoms with E-state index in [9.17, 15) is 22.8 Å². The van der Waals surface area contributed by atoms with E-state index in [-0.39, 0.29) is 19.0 Å². The van der Waals surface area contributed by atoms with Crippen LogP contribution < -0.4 is 5.32 Å². The molecule has 0 aliphatic carbocycles. The van der Waals surface area contributed by atoms with Crippen molar-refractivity contribution in [2.24, 2.45) is 0 Å². The molecule has 0 bridgehead atoms. The predicted octanol–water partition coefficient (Wildman–Crippen LogP) is 1.83. The Labute approximate surface area is 103 Å². The number of carboxylic acids is 1. The summed E-state index contributed by atoms with van der Waals surface area (Å²) in [5, 5.41) is 10.6. The van der Waals surface area contributed by atoms with Crippen molar-refractivity contribution < 1.29 is 27.9 Å². The van der Waals surface area contributed by atoms with Gasteiger partial charge >= 0.3 is 18.2 Å². The third-order valence-electron chi connectivity index (χ3n) is 2.14. The summed E-state index contributed by atoms with van der Waals surface area (Å²) in [6.45, 7) is 2.76. The van der Waals surface area contributed by atoms with Crippen LogP contribution in [-0.2, 0) is 4.79 Å². The van der Waals surface area contributed by atoms with E-state index >= 15 is 0 Å². The fourth-order valence-corrected chi connectivity index (χ4v) is 1.22. The number of alkyl halides is 3. The summed E-state index contributed by atoms with van der Waals surface area (Å²) >= 11 is 0. The zero-order chi connectivity index (χ0) is 14.3. The van der Waals surface area contributed by atoms with Gasteiger partial charge in [0.05, 0.1) is 12.8 Å². The van der Waals surface area contributed by atoms with Gasteiger partial charge in [-0.2, -0.15) is 13.2 Å². The van der Waals surface area contributed by atoms with Crippen LogP contribution in [0, 0.1) is 0 Å². The maximum absolute atomic E-state index is 11.9. The molecule has 0 aliphatic heterocycles. The van der Waals surface area contributed by atoms with Gasteiger partial charge in [-0.25, -0.2) is 4.79 Å². The Morgan fingerprint density at radius 3 is 2.28 bits per heavy atom. The van der Waals surface area contributed by atoms with Gasteiger partial charge in [0.25, 0.3) is 0 Å². The van der Waals surface area contributed by atoms with Crippen LogP contribution in [0.1, 0.15) is 26.7 Å². The zero-order valence-corrected chi connectivity index (χ0v) is 10.3. The van der Waals surface area contributed by atoms with Crippen LogP contribution in [0.25, 0.3) is 0 Å². The number of urea groups is 1. The maximum Gasteiger partial charge on any atom is 0.390 e. The molecule has 0 spiro atoms.